The highest BCUT2D eigenvalue weighted by atomic mass is 19.1. The summed E-state index contributed by atoms with van der Waals surface area (Å²) in [5.41, 5.74) is 2.22. The molecule has 9 heteroatoms. The Hall–Kier alpha value is -3.23. The van der Waals surface area contributed by atoms with E-state index in [1.54, 1.807) is 17.6 Å². The van der Waals surface area contributed by atoms with Gasteiger partial charge in [-0.15, -0.1) is 0 Å². The molecule has 0 unspecified atom stereocenters. The second-order valence-corrected chi connectivity index (χ2v) is 6.21. The molecule has 3 aromatic heterocycles. The fourth-order valence-corrected chi connectivity index (χ4v) is 2.78. The van der Waals surface area contributed by atoms with Gasteiger partial charge in [0, 0.05) is 23.9 Å². The first-order valence-electron chi connectivity index (χ1n) is 8.19. The van der Waals surface area contributed by atoms with Gasteiger partial charge in [-0.05, 0) is 19.9 Å². The molecule has 4 rings (SSSR count). The Morgan fingerprint density at radius 2 is 2.19 bits per heavy atom. The van der Waals surface area contributed by atoms with Gasteiger partial charge in [0.05, 0.1) is 18.9 Å². The van der Waals surface area contributed by atoms with Crippen LogP contribution in [0.25, 0.3) is 5.65 Å². The van der Waals surface area contributed by atoms with Gasteiger partial charge in [-0.1, -0.05) is 0 Å². The number of carbonyl (C=O) groups is 1. The lowest BCUT2D eigenvalue weighted by atomic mass is 10.2. The number of halogens is 1. The molecule has 8 nitrogen and oxygen atoms in total. The van der Waals surface area contributed by atoms with E-state index in [-0.39, 0.29) is 25.1 Å². The smallest absolute Gasteiger partial charge is 0.256 e. The summed E-state index contributed by atoms with van der Waals surface area (Å²) < 4.78 is 21.0. The lowest BCUT2D eigenvalue weighted by molar-refractivity contribution is 0.0932. The van der Waals surface area contributed by atoms with E-state index < -0.39 is 5.82 Å². The summed E-state index contributed by atoms with van der Waals surface area (Å²) >= 11 is 0. The lowest BCUT2D eigenvalue weighted by Gasteiger charge is -2.17. The quantitative estimate of drug-likeness (QED) is 0.637. The Labute approximate surface area is 148 Å². The molecule has 1 aliphatic heterocycles. The Morgan fingerprint density at radius 3 is 3.04 bits per heavy atom. The number of pyridine rings is 1. The molecule has 4 heterocycles. The summed E-state index contributed by atoms with van der Waals surface area (Å²) in [4.78, 5) is 21.0. The first-order valence-corrected chi connectivity index (χ1v) is 8.19. The van der Waals surface area contributed by atoms with E-state index in [9.17, 15) is 9.18 Å². The molecule has 1 amide bonds. The summed E-state index contributed by atoms with van der Waals surface area (Å²) in [6.07, 6.45) is 4.03. The molecule has 0 spiro atoms. The third-order valence-electron chi connectivity index (χ3n) is 4.12. The average molecular weight is 356 g/mol. The van der Waals surface area contributed by atoms with Crippen LogP contribution in [0.1, 0.15) is 28.4 Å². The fraction of sp³-hybridized carbons (Fsp3) is 0.294. The second-order valence-electron chi connectivity index (χ2n) is 6.21. The van der Waals surface area contributed by atoms with Crippen molar-refractivity contribution in [2.75, 3.05) is 11.9 Å². The lowest BCUT2D eigenvalue weighted by Crippen LogP contribution is -2.33. The van der Waals surface area contributed by atoms with E-state index in [2.05, 4.69) is 25.7 Å². The van der Waals surface area contributed by atoms with Crippen LogP contribution in [0.3, 0.4) is 0 Å². The second kappa shape index (κ2) is 6.25. The zero-order chi connectivity index (χ0) is 18.3. The van der Waals surface area contributed by atoms with Crippen molar-refractivity contribution < 1.29 is 13.9 Å². The molecule has 0 saturated heterocycles. The van der Waals surface area contributed by atoms with E-state index in [0.29, 0.717) is 28.5 Å². The number of amides is 1. The maximum atomic E-state index is 13.6. The van der Waals surface area contributed by atoms with Crippen molar-refractivity contribution in [3.05, 3.63) is 47.2 Å². The standard InChI is InChI=1S/C17H17FN6O2/c1-9-8-24-15-13(7-22-24)16(25)20-4-10(2)26-17-11(3-12(18)6-21-17)5-19-14(9)23-15/h3,6-8,10H,4-5H2,1-2H3,(H,19,23)(H,20,25)/t10-/m0/s1. The van der Waals surface area contributed by atoms with Crippen LogP contribution in [-0.2, 0) is 6.54 Å². The van der Waals surface area contributed by atoms with Crippen LogP contribution in [0.4, 0.5) is 10.2 Å². The predicted octanol–water partition coefficient (Wildman–Crippen LogP) is 1.69. The molecular formula is C17H17FN6O2. The summed E-state index contributed by atoms with van der Waals surface area (Å²) in [6, 6.07) is 1.37. The number of rotatable bonds is 0. The van der Waals surface area contributed by atoms with E-state index in [4.69, 9.17) is 4.74 Å². The molecule has 26 heavy (non-hydrogen) atoms. The van der Waals surface area contributed by atoms with Gasteiger partial charge in [-0.25, -0.2) is 18.9 Å². The van der Waals surface area contributed by atoms with Crippen LogP contribution < -0.4 is 15.4 Å². The summed E-state index contributed by atoms with van der Waals surface area (Å²) in [5, 5.41) is 10.2. The number of nitrogens with zero attached hydrogens (tertiary/aromatic N) is 4. The molecule has 0 fully saturated rings. The Bertz CT molecular complexity index is 1000. The maximum absolute atomic E-state index is 13.6. The van der Waals surface area contributed by atoms with Crippen LogP contribution in [0.2, 0.25) is 0 Å². The monoisotopic (exact) mass is 356 g/mol. The minimum Gasteiger partial charge on any atom is -0.473 e. The van der Waals surface area contributed by atoms with Gasteiger partial charge < -0.3 is 15.4 Å². The number of anilines is 1. The topological polar surface area (TPSA) is 93.4 Å². The van der Waals surface area contributed by atoms with Gasteiger partial charge in [-0.2, -0.15) is 5.10 Å². The molecule has 0 radical (unpaired) electrons. The van der Waals surface area contributed by atoms with Gasteiger partial charge >= 0.3 is 0 Å². The Kier molecular flexibility index (Phi) is 3.90. The number of hydrogen-bond donors (Lipinski definition) is 2. The minimum atomic E-state index is -0.447. The molecule has 3 aromatic rings. The summed E-state index contributed by atoms with van der Waals surface area (Å²) in [7, 11) is 0. The highest BCUT2D eigenvalue weighted by Gasteiger charge is 2.19. The largest absolute Gasteiger partial charge is 0.473 e. The molecule has 1 atom stereocenters. The molecular weight excluding hydrogens is 339 g/mol. The Morgan fingerprint density at radius 1 is 1.35 bits per heavy atom. The zero-order valence-corrected chi connectivity index (χ0v) is 14.3. The van der Waals surface area contributed by atoms with Crippen molar-refractivity contribution in [2.24, 2.45) is 0 Å². The molecule has 1 aliphatic rings. The van der Waals surface area contributed by atoms with Crippen LogP contribution in [0.15, 0.2) is 24.7 Å². The van der Waals surface area contributed by atoms with E-state index in [1.807, 2.05) is 6.92 Å². The van der Waals surface area contributed by atoms with E-state index in [1.165, 1.54) is 12.3 Å². The predicted molar refractivity (Wildman–Crippen MR) is 91.7 cm³/mol. The van der Waals surface area contributed by atoms with Crippen LogP contribution >= 0.6 is 0 Å². The molecule has 134 valence electrons. The van der Waals surface area contributed by atoms with Crippen molar-refractivity contribution in [2.45, 2.75) is 26.5 Å². The minimum absolute atomic E-state index is 0.265. The normalized spacial score (nSPS) is 17.3. The third kappa shape index (κ3) is 2.92. The summed E-state index contributed by atoms with van der Waals surface area (Å²) in [6.45, 7) is 4.22. The van der Waals surface area contributed by atoms with Crippen molar-refractivity contribution in [1.29, 1.82) is 0 Å². The molecule has 0 aromatic carbocycles. The van der Waals surface area contributed by atoms with Crippen LogP contribution in [0.5, 0.6) is 5.88 Å². The van der Waals surface area contributed by atoms with Gasteiger partial charge in [0.25, 0.3) is 5.91 Å². The maximum Gasteiger partial charge on any atom is 0.256 e. The highest BCUT2D eigenvalue weighted by Crippen LogP contribution is 2.22. The average Bonchev–Trinajstić information content (AvgIpc) is 3.01. The molecule has 2 bridgehead atoms. The Balaban J connectivity index is 1.81. The zero-order valence-electron chi connectivity index (χ0n) is 14.3. The van der Waals surface area contributed by atoms with Crippen molar-refractivity contribution in [1.82, 2.24) is 24.9 Å². The number of carbonyl (C=O) groups excluding carboxylic acids is 1. The van der Waals surface area contributed by atoms with Crippen LogP contribution in [-0.4, -0.2) is 38.1 Å². The van der Waals surface area contributed by atoms with E-state index in [0.717, 1.165) is 11.8 Å². The van der Waals surface area contributed by atoms with Crippen molar-refractivity contribution in [3.8, 4) is 5.88 Å². The molecule has 0 aliphatic carbocycles. The first-order chi connectivity index (χ1) is 12.5. The van der Waals surface area contributed by atoms with Gasteiger partial charge in [0.1, 0.15) is 23.3 Å². The van der Waals surface area contributed by atoms with Gasteiger partial charge in [0.15, 0.2) is 5.65 Å². The molecule has 0 saturated carbocycles. The number of ether oxygens (including phenoxy) is 1. The summed E-state index contributed by atoms with van der Waals surface area (Å²) in [5.74, 6) is 0.165. The number of nitrogens with one attached hydrogen (secondary N) is 2. The fourth-order valence-electron chi connectivity index (χ4n) is 2.78. The molecule has 2 N–H and O–H groups in total. The van der Waals surface area contributed by atoms with E-state index >= 15 is 0 Å². The highest BCUT2D eigenvalue weighted by molar-refractivity contribution is 5.99. The van der Waals surface area contributed by atoms with Crippen LogP contribution in [0, 0.1) is 12.7 Å². The van der Waals surface area contributed by atoms with Crippen molar-refractivity contribution >= 4 is 17.4 Å². The van der Waals surface area contributed by atoms with Crippen molar-refractivity contribution in [3.63, 3.8) is 0 Å². The van der Waals surface area contributed by atoms with Gasteiger partial charge in [-0.3, -0.25) is 4.79 Å². The number of fused-ring (bicyclic) bond motifs is 2. The third-order valence-corrected chi connectivity index (χ3v) is 4.12. The number of hydrogen-bond acceptors (Lipinski definition) is 6. The number of aryl methyl sites for hydroxylation is 1. The number of aromatic nitrogens is 4. The first kappa shape index (κ1) is 16.2. The van der Waals surface area contributed by atoms with Gasteiger partial charge in [0.2, 0.25) is 5.88 Å². The SMILES string of the molecule is Cc1cn2ncc3c2nc1NCc1cc(F)cnc1O[C@@H](C)CNC3=O.